The standard InChI is InChI=1S/C13H16ClN3O/c1-10-3-2-4-11-13(10)15-12(9-14)17(11)16-5-7-18-8-6-16/h2-4H,5-9H2,1H3. The molecule has 3 rings (SSSR count). The number of nitrogens with zero attached hydrogens (tertiary/aromatic N) is 3. The third kappa shape index (κ3) is 1.85. The first-order valence-electron chi connectivity index (χ1n) is 6.17. The second kappa shape index (κ2) is 4.78. The predicted octanol–water partition coefficient (Wildman–Crippen LogP) is 2.05. The molecular weight excluding hydrogens is 250 g/mol. The van der Waals surface area contributed by atoms with E-state index in [0.717, 1.165) is 43.2 Å². The van der Waals surface area contributed by atoms with E-state index in [-0.39, 0.29) is 0 Å². The first kappa shape index (κ1) is 11.8. The number of imidazole rings is 1. The van der Waals surface area contributed by atoms with Gasteiger partial charge < -0.3 is 9.75 Å². The van der Waals surface area contributed by atoms with Gasteiger partial charge in [-0.05, 0) is 18.6 Å². The summed E-state index contributed by atoms with van der Waals surface area (Å²) in [5.41, 5.74) is 3.36. The Kier molecular flexibility index (Phi) is 3.14. The lowest BCUT2D eigenvalue weighted by Gasteiger charge is -2.31. The average molecular weight is 266 g/mol. The molecule has 0 unspecified atom stereocenters. The Hall–Kier alpha value is -1.26. The molecule has 0 aliphatic carbocycles. The van der Waals surface area contributed by atoms with Gasteiger partial charge in [0.1, 0.15) is 5.82 Å². The summed E-state index contributed by atoms with van der Waals surface area (Å²) in [6.45, 7) is 5.35. The van der Waals surface area contributed by atoms with Crippen LogP contribution in [0.4, 0.5) is 0 Å². The molecule has 0 N–H and O–H groups in total. The number of halogens is 1. The molecular formula is C13H16ClN3O. The Labute approximate surface area is 111 Å². The van der Waals surface area contributed by atoms with Crippen LogP contribution in [0.3, 0.4) is 0 Å². The van der Waals surface area contributed by atoms with E-state index >= 15 is 0 Å². The lowest BCUT2D eigenvalue weighted by atomic mass is 10.2. The summed E-state index contributed by atoms with van der Waals surface area (Å²) in [5, 5.41) is 2.26. The van der Waals surface area contributed by atoms with E-state index < -0.39 is 0 Å². The molecule has 0 saturated carbocycles. The van der Waals surface area contributed by atoms with Crippen molar-refractivity contribution in [1.82, 2.24) is 9.66 Å². The van der Waals surface area contributed by atoms with Gasteiger partial charge in [-0.25, -0.2) is 9.66 Å². The van der Waals surface area contributed by atoms with E-state index in [1.165, 1.54) is 5.56 Å². The van der Waals surface area contributed by atoms with Gasteiger partial charge in [0.15, 0.2) is 0 Å². The van der Waals surface area contributed by atoms with Gasteiger partial charge in [0, 0.05) is 0 Å². The minimum absolute atomic E-state index is 0.422. The van der Waals surface area contributed by atoms with Gasteiger partial charge in [0.05, 0.1) is 43.2 Å². The number of aromatic nitrogens is 2. The first-order valence-corrected chi connectivity index (χ1v) is 6.70. The smallest absolute Gasteiger partial charge is 0.143 e. The molecule has 2 heterocycles. The fourth-order valence-corrected chi connectivity index (χ4v) is 2.60. The molecule has 2 aromatic rings. The predicted molar refractivity (Wildman–Crippen MR) is 72.8 cm³/mol. The monoisotopic (exact) mass is 265 g/mol. The summed E-state index contributed by atoms with van der Waals surface area (Å²) < 4.78 is 7.55. The van der Waals surface area contributed by atoms with Crippen molar-refractivity contribution in [2.75, 3.05) is 31.3 Å². The zero-order valence-corrected chi connectivity index (χ0v) is 11.2. The van der Waals surface area contributed by atoms with Gasteiger partial charge in [-0.3, -0.25) is 0 Å². The SMILES string of the molecule is Cc1cccc2c1nc(CCl)n2N1CCOCC1. The Morgan fingerprint density at radius 2 is 2.11 bits per heavy atom. The van der Waals surface area contributed by atoms with Crippen molar-refractivity contribution in [1.29, 1.82) is 0 Å². The highest BCUT2D eigenvalue weighted by atomic mass is 35.5. The van der Waals surface area contributed by atoms with Crippen molar-refractivity contribution in [3.63, 3.8) is 0 Å². The Bertz CT molecular complexity index is 561. The summed E-state index contributed by atoms with van der Waals surface area (Å²) >= 11 is 6.03. The number of fused-ring (bicyclic) bond motifs is 1. The molecule has 0 atom stereocenters. The second-order valence-corrected chi connectivity index (χ2v) is 4.75. The van der Waals surface area contributed by atoms with Crippen LogP contribution in [-0.2, 0) is 10.6 Å². The number of ether oxygens (including phenoxy) is 1. The second-order valence-electron chi connectivity index (χ2n) is 4.48. The van der Waals surface area contributed by atoms with E-state index in [2.05, 4.69) is 39.8 Å². The van der Waals surface area contributed by atoms with E-state index in [9.17, 15) is 0 Å². The summed E-state index contributed by atoms with van der Waals surface area (Å²) in [4.78, 5) is 4.65. The van der Waals surface area contributed by atoms with E-state index in [0.29, 0.717) is 5.88 Å². The topological polar surface area (TPSA) is 30.3 Å². The molecule has 0 radical (unpaired) electrons. The molecule has 1 aromatic carbocycles. The van der Waals surface area contributed by atoms with Crippen LogP contribution in [0, 0.1) is 6.92 Å². The van der Waals surface area contributed by atoms with Gasteiger partial charge in [0.2, 0.25) is 0 Å². The number of benzene rings is 1. The van der Waals surface area contributed by atoms with E-state index in [1.54, 1.807) is 0 Å². The highest BCUT2D eigenvalue weighted by Gasteiger charge is 2.18. The molecule has 0 bridgehead atoms. The maximum absolute atomic E-state index is 6.03. The molecule has 4 nitrogen and oxygen atoms in total. The summed E-state index contributed by atoms with van der Waals surface area (Å²) in [7, 11) is 0. The van der Waals surface area contributed by atoms with Crippen LogP contribution < -0.4 is 5.01 Å². The van der Waals surface area contributed by atoms with Crippen LogP contribution in [0.2, 0.25) is 0 Å². The molecule has 0 spiro atoms. The third-order valence-electron chi connectivity index (χ3n) is 3.32. The van der Waals surface area contributed by atoms with Crippen molar-refractivity contribution in [2.24, 2.45) is 0 Å². The summed E-state index contributed by atoms with van der Waals surface area (Å²) in [5.74, 6) is 1.33. The lowest BCUT2D eigenvalue weighted by molar-refractivity contribution is 0.111. The zero-order valence-electron chi connectivity index (χ0n) is 10.4. The van der Waals surface area contributed by atoms with Gasteiger partial charge in [-0.1, -0.05) is 12.1 Å². The normalized spacial score (nSPS) is 16.4. The maximum Gasteiger partial charge on any atom is 0.143 e. The van der Waals surface area contributed by atoms with Crippen LogP contribution in [0.5, 0.6) is 0 Å². The van der Waals surface area contributed by atoms with Crippen LogP contribution in [-0.4, -0.2) is 36.0 Å². The molecule has 0 amide bonds. The van der Waals surface area contributed by atoms with Crippen molar-refractivity contribution < 1.29 is 4.74 Å². The van der Waals surface area contributed by atoms with Crippen molar-refractivity contribution in [3.05, 3.63) is 29.6 Å². The Balaban J connectivity index is 2.16. The average Bonchev–Trinajstić information content (AvgIpc) is 2.80. The Morgan fingerprint density at radius 3 is 2.83 bits per heavy atom. The van der Waals surface area contributed by atoms with Crippen molar-refractivity contribution >= 4 is 22.6 Å². The fourth-order valence-electron chi connectivity index (χ4n) is 2.43. The van der Waals surface area contributed by atoms with Gasteiger partial charge >= 0.3 is 0 Å². The molecule has 1 saturated heterocycles. The largest absolute Gasteiger partial charge is 0.378 e. The minimum atomic E-state index is 0.422. The molecule has 1 aromatic heterocycles. The molecule has 1 fully saturated rings. The summed E-state index contributed by atoms with van der Waals surface area (Å²) in [6.07, 6.45) is 0. The van der Waals surface area contributed by atoms with Gasteiger partial charge in [-0.15, -0.1) is 11.6 Å². The maximum atomic E-state index is 6.03. The highest BCUT2D eigenvalue weighted by Crippen LogP contribution is 2.21. The lowest BCUT2D eigenvalue weighted by Crippen LogP contribution is -2.44. The number of aryl methyl sites for hydroxylation is 1. The minimum Gasteiger partial charge on any atom is -0.378 e. The van der Waals surface area contributed by atoms with Crippen LogP contribution in [0.1, 0.15) is 11.4 Å². The molecule has 18 heavy (non-hydrogen) atoms. The first-order chi connectivity index (χ1) is 8.81. The molecule has 1 aliphatic rings. The third-order valence-corrected chi connectivity index (χ3v) is 3.56. The summed E-state index contributed by atoms with van der Waals surface area (Å²) in [6, 6.07) is 6.24. The molecule has 96 valence electrons. The van der Waals surface area contributed by atoms with E-state index in [4.69, 9.17) is 16.3 Å². The van der Waals surface area contributed by atoms with Crippen LogP contribution in [0.25, 0.3) is 11.0 Å². The number of para-hydroxylation sites is 1. The number of alkyl halides is 1. The van der Waals surface area contributed by atoms with Crippen molar-refractivity contribution in [2.45, 2.75) is 12.8 Å². The number of rotatable bonds is 2. The number of morpholine rings is 1. The quantitative estimate of drug-likeness (QED) is 0.779. The van der Waals surface area contributed by atoms with Crippen molar-refractivity contribution in [3.8, 4) is 0 Å². The van der Waals surface area contributed by atoms with Crippen LogP contribution >= 0.6 is 11.6 Å². The fraction of sp³-hybridized carbons (Fsp3) is 0.462. The van der Waals surface area contributed by atoms with Crippen LogP contribution in [0.15, 0.2) is 18.2 Å². The van der Waals surface area contributed by atoms with Gasteiger partial charge in [-0.2, -0.15) is 0 Å². The molecule has 1 aliphatic heterocycles. The Morgan fingerprint density at radius 1 is 1.33 bits per heavy atom. The van der Waals surface area contributed by atoms with E-state index in [1.807, 2.05) is 0 Å². The highest BCUT2D eigenvalue weighted by molar-refractivity contribution is 6.16. The molecule has 5 heteroatoms. The number of hydrogen-bond acceptors (Lipinski definition) is 3. The van der Waals surface area contributed by atoms with Gasteiger partial charge in [0.25, 0.3) is 0 Å². The zero-order chi connectivity index (χ0) is 12.5. The number of hydrogen-bond donors (Lipinski definition) is 0.